The average molecular weight is 197 g/mol. The Hall–Kier alpha value is -0.404. The Kier molecular flexibility index (Phi) is 7.72. The van der Waals surface area contributed by atoms with Gasteiger partial charge in [0, 0.05) is 0 Å². The maximum absolute atomic E-state index is 3.77. The number of allylic oxidation sites excluding steroid dienone is 4. The van der Waals surface area contributed by atoms with Gasteiger partial charge in [0.15, 0.2) is 0 Å². The molecule has 0 unspecified atom stereocenters. The zero-order chi connectivity index (χ0) is 9.52. The fourth-order valence-electron chi connectivity index (χ4n) is 1.14. The Morgan fingerprint density at radius 1 is 1.14 bits per heavy atom. The summed E-state index contributed by atoms with van der Waals surface area (Å²) in [6.07, 6.45) is 9.44. The smallest absolute Gasteiger partial charge is 0.342 e. The maximum atomic E-state index is 3.77. The zero-order valence-corrected chi connectivity index (χ0v) is 10.2. The predicted molar refractivity (Wildman–Crippen MR) is 64.3 cm³/mol. The number of rotatable bonds is 1. The first-order valence-corrected chi connectivity index (χ1v) is 4.65. The molecule has 0 amide bonds. The van der Waals surface area contributed by atoms with Crippen molar-refractivity contribution in [2.24, 2.45) is 5.92 Å². The fraction of sp³-hybridized carbons (Fsp3) is 0.231. The van der Waals surface area contributed by atoms with Crippen LogP contribution in [0.3, 0.4) is 0 Å². The zero-order valence-electron chi connectivity index (χ0n) is 8.82. The van der Waals surface area contributed by atoms with Gasteiger partial charge in [0.05, 0.1) is 0 Å². The normalized spacial score (nSPS) is 13.3. The predicted octanol–water partition coefficient (Wildman–Crippen LogP) is 3.29. The summed E-state index contributed by atoms with van der Waals surface area (Å²) >= 11 is 0. The van der Waals surface area contributed by atoms with E-state index in [4.69, 9.17) is 0 Å². The molecule has 1 heteroatoms. The topological polar surface area (TPSA) is 0 Å². The van der Waals surface area contributed by atoms with Crippen LogP contribution in [0.15, 0.2) is 48.6 Å². The van der Waals surface area contributed by atoms with Gasteiger partial charge >= 0.3 is 23.1 Å². The van der Waals surface area contributed by atoms with Gasteiger partial charge in [-0.3, -0.25) is 0 Å². The Bertz CT molecular complexity index is 255. The molecule has 0 saturated carbocycles. The third-order valence-corrected chi connectivity index (χ3v) is 1.99. The van der Waals surface area contributed by atoms with E-state index in [1.165, 1.54) is 5.56 Å². The summed E-state index contributed by atoms with van der Waals surface area (Å²) in [5, 5.41) is 0. The molecule has 70 valence electrons. The summed E-state index contributed by atoms with van der Waals surface area (Å²) in [6.45, 7) is 5.85. The van der Waals surface area contributed by atoms with Crippen molar-refractivity contribution < 1.29 is 0 Å². The van der Waals surface area contributed by atoms with Crippen molar-refractivity contribution in [3.63, 3.8) is 0 Å². The number of aryl methyl sites for hydroxylation is 1. The van der Waals surface area contributed by atoms with Gasteiger partial charge in [-0.15, -0.1) is 0 Å². The average Bonchev–Trinajstić information content (AvgIpc) is 2.76. The van der Waals surface area contributed by atoms with E-state index < -0.39 is 0 Å². The van der Waals surface area contributed by atoms with Crippen LogP contribution in [0.1, 0.15) is 12.0 Å². The van der Waals surface area contributed by atoms with Crippen molar-refractivity contribution in [3.05, 3.63) is 61.1 Å². The molecule has 0 saturated heterocycles. The molecule has 0 fully saturated rings. The second-order valence-corrected chi connectivity index (χ2v) is 3.18. The van der Waals surface area contributed by atoms with Crippen LogP contribution in [0, 0.1) is 19.8 Å². The van der Waals surface area contributed by atoms with E-state index in [0.29, 0.717) is 5.92 Å². The summed E-state index contributed by atoms with van der Waals surface area (Å²) in [6, 6.07) is 8.24. The molecule has 0 heterocycles. The van der Waals surface area contributed by atoms with Gasteiger partial charge in [-0.2, -0.15) is 24.1 Å². The fourth-order valence-corrected chi connectivity index (χ4v) is 1.14. The van der Waals surface area contributed by atoms with Gasteiger partial charge in [0.1, 0.15) is 0 Å². The maximum Gasteiger partial charge on any atom is 2.00 e. The minimum absolute atomic E-state index is 0. The van der Waals surface area contributed by atoms with E-state index >= 15 is 0 Å². The molecule has 0 nitrogen and oxygen atoms in total. The summed E-state index contributed by atoms with van der Waals surface area (Å²) < 4.78 is 0. The second kappa shape index (κ2) is 7.95. The molecule has 2 rings (SSSR count). The van der Waals surface area contributed by atoms with Crippen molar-refractivity contribution in [1.29, 1.82) is 0 Å². The minimum atomic E-state index is 0. The molecule has 14 heavy (non-hydrogen) atoms. The molecule has 0 aliphatic heterocycles. The molecule has 1 aromatic rings. The van der Waals surface area contributed by atoms with Gasteiger partial charge in [-0.05, 0) is 5.92 Å². The summed E-state index contributed by atoms with van der Waals surface area (Å²) in [7, 11) is 0. The van der Waals surface area contributed by atoms with Crippen LogP contribution in [0.25, 0.3) is 0 Å². The molecule has 1 aliphatic carbocycles. The van der Waals surface area contributed by atoms with Gasteiger partial charge in [-0.1, -0.05) is 31.2 Å². The van der Waals surface area contributed by atoms with E-state index in [2.05, 4.69) is 50.3 Å². The van der Waals surface area contributed by atoms with Crippen LogP contribution in [-0.4, -0.2) is 23.1 Å². The molecule has 0 N–H and O–H groups in total. The SMILES string of the molecule is C[c-]1cccc1.[CH2-]CC1C=CC=C1.[Mg+2]. The van der Waals surface area contributed by atoms with Crippen LogP contribution < -0.4 is 0 Å². The Balaban J connectivity index is 0.000000227. The number of hydrogen-bond acceptors (Lipinski definition) is 0. The largest absolute Gasteiger partial charge is 2.00 e. The Labute approximate surface area is 103 Å². The first-order chi connectivity index (χ1) is 6.33. The van der Waals surface area contributed by atoms with Crippen LogP contribution in [-0.2, 0) is 0 Å². The minimum Gasteiger partial charge on any atom is -0.342 e. The van der Waals surface area contributed by atoms with E-state index in [-0.39, 0.29) is 23.1 Å². The van der Waals surface area contributed by atoms with Gasteiger partial charge < -0.3 is 6.92 Å². The molecule has 1 aromatic carbocycles. The van der Waals surface area contributed by atoms with E-state index in [0.717, 1.165) is 6.42 Å². The molecule has 1 aliphatic rings. The van der Waals surface area contributed by atoms with Crippen LogP contribution in [0.2, 0.25) is 0 Å². The van der Waals surface area contributed by atoms with Crippen molar-refractivity contribution >= 4 is 23.1 Å². The van der Waals surface area contributed by atoms with E-state index in [1.54, 1.807) is 0 Å². The van der Waals surface area contributed by atoms with Crippen LogP contribution in [0.4, 0.5) is 0 Å². The van der Waals surface area contributed by atoms with Crippen molar-refractivity contribution in [3.8, 4) is 0 Å². The van der Waals surface area contributed by atoms with Crippen LogP contribution >= 0.6 is 0 Å². The van der Waals surface area contributed by atoms with E-state index in [9.17, 15) is 0 Å². The molecule has 0 aromatic heterocycles. The molecule has 0 atom stereocenters. The Morgan fingerprint density at radius 3 is 1.86 bits per heavy atom. The van der Waals surface area contributed by atoms with Crippen molar-refractivity contribution in [1.82, 2.24) is 0 Å². The molecular weight excluding hydrogens is 180 g/mol. The third-order valence-electron chi connectivity index (χ3n) is 1.99. The second-order valence-electron chi connectivity index (χ2n) is 3.18. The molecule has 0 bridgehead atoms. The first kappa shape index (κ1) is 13.6. The van der Waals surface area contributed by atoms with Gasteiger partial charge in [-0.25, -0.2) is 12.1 Å². The van der Waals surface area contributed by atoms with Crippen molar-refractivity contribution in [2.75, 3.05) is 0 Å². The first-order valence-electron chi connectivity index (χ1n) is 4.65. The van der Waals surface area contributed by atoms with Crippen LogP contribution in [0.5, 0.6) is 0 Å². The van der Waals surface area contributed by atoms with Gasteiger partial charge in [0.2, 0.25) is 0 Å². The monoisotopic (exact) mass is 196 g/mol. The summed E-state index contributed by atoms with van der Waals surface area (Å²) in [5.74, 6) is 0.625. The summed E-state index contributed by atoms with van der Waals surface area (Å²) in [4.78, 5) is 0. The quantitative estimate of drug-likeness (QED) is 0.478. The molecule has 0 radical (unpaired) electrons. The van der Waals surface area contributed by atoms with Crippen molar-refractivity contribution in [2.45, 2.75) is 13.3 Å². The summed E-state index contributed by atoms with van der Waals surface area (Å²) in [5.41, 5.74) is 1.34. The number of hydrogen-bond donors (Lipinski definition) is 0. The molecule has 0 spiro atoms. The third kappa shape index (κ3) is 5.35. The standard InChI is InChI=1S/C7H9.C6H7.Mg/c1-2-7-5-3-4-6-7;1-6-4-2-3-5-6;/h3-7H,1-2H2;2-5H,1H3;/q2*-1;+2. The van der Waals surface area contributed by atoms with Gasteiger partial charge in [0.25, 0.3) is 0 Å². The Morgan fingerprint density at radius 2 is 1.64 bits per heavy atom. The van der Waals surface area contributed by atoms with E-state index in [1.807, 2.05) is 12.1 Å². The molecular formula is C13H16Mg.